The third kappa shape index (κ3) is 1.58. The number of rotatable bonds is 0. The number of nitrogens with one attached hydrogen (secondary N) is 1. The predicted molar refractivity (Wildman–Crippen MR) is 90.6 cm³/mol. The van der Waals surface area contributed by atoms with E-state index in [2.05, 4.69) is 52.2 Å². The first-order valence-electron chi connectivity index (χ1n) is 7.98. The number of aromatic nitrogens is 1. The Bertz CT molecular complexity index is 956. The van der Waals surface area contributed by atoms with E-state index in [0.717, 1.165) is 24.2 Å². The first-order valence-corrected chi connectivity index (χ1v) is 7.98. The van der Waals surface area contributed by atoms with Crippen LogP contribution in [0.4, 0.5) is 5.69 Å². The molecule has 4 heteroatoms. The van der Waals surface area contributed by atoms with Crippen LogP contribution in [-0.2, 0) is 13.5 Å². The number of hydrogen-bond donors (Lipinski definition) is 1. The maximum atomic E-state index is 12.5. The second-order valence-corrected chi connectivity index (χ2v) is 6.28. The normalized spacial score (nSPS) is 19.1. The zero-order valence-electron chi connectivity index (χ0n) is 12.9. The van der Waals surface area contributed by atoms with Crippen LogP contribution in [0.25, 0.3) is 10.9 Å². The first kappa shape index (κ1) is 12.8. The zero-order chi connectivity index (χ0) is 15.6. The number of nitrogens with zero attached hydrogens (tertiary/aromatic N) is 2. The minimum Gasteiger partial charge on any atom is -0.345 e. The molecule has 3 heterocycles. The Morgan fingerprint density at radius 1 is 1.09 bits per heavy atom. The minimum absolute atomic E-state index is 0.0138. The lowest BCUT2D eigenvalue weighted by molar-refractivity contribution is 0.0923. The van der Waals surface area contributed by atoms with E-state index in [0.29, 0.717) is 0 Å². The first-order chi connectivity index (χ1) is 11.3. The molecule has 0 radical (unpaired) electrons. The average molecular weight is 303 g/mol. The number of carbonyl (C=O) groups is 1. The fourth-order valence-electron chi connectivity index (χ4n) is 4.14. The number of anilines is 1. The van der Waals surface area contributed by atoms with Crippen molar-refractivity contribution in [3.63, 3.8) is 0 Å². The van der Waals surface area contributed by atoms with Gasteiger partial charge in [0.2, 0.25) is 0 Å². The lowest BCUT2D eigenvalue weighted by atomic mass is 9.97. The van der Waals surface area contributed by atoms with Crippen LogP contribution >= 0.6 is 0 Å². The highest BCUT2D eigenvalue weighted by Gasteiger charge is 2.37. The topological polar surface area (TPSA) is 37.3 Å². The molecule has 23 heavy (non-hydrogen) atoms. The summed E-state index contributed by atoms with van der Waals surface area (Å²) in [4.78, 5) is 14.8. The number of para-hydroxylation sites is 2. The number of fused-ring (bicyclic) bond motifs is 7. The minimum atomic E-state index is -0.0847. The molecule has 1 atom stereocenters. The van der Waals surface area contributed by atoms with Crippen LogP contribution in [0.3, 0.4) is 0 Å². The highest BCUT2D eigenvalue weighted by molar-refractivity contribution is 6.02. The number of benzene rings is 2. The molecule has 0 unspecified atom stereocenters. The van der Waals surface area contributed by atoms with Crippen molar-refractivity contribution in [2.24, 2.45) is 7.05 Å². The monoisotopic (exact) mass is 303 g/mol. The third-order valence-electron chi connectivity index (χ3n) is 5.16. The van der Waals surface area contributed by atoms with Gasteiger partial charge in [-0.1, -0.05) is 30.3 Å². The highest BCUT2D eigenvalue weighted by atomic mass is 16.2. The van der Waals surface area contributed by atoms with E-state index in [9.17, 15) is 4.79 Å². The van der Waals surface area contributed by atoms with Gasteiger partial charge in [-0.05, 0) is 30.2 Å². The van der Waals surface area contributed by atoms with Gasteiger partial charge in [-0.3, -0.25) is 4.79 Å². The number of aryl methyl sites for hydroxylation is 1. The van der Waals surface area contributed by atoms with Gasteiger partial charge in [0.15, 0.2) is 0 Å². The van der Waals surface area contributed by atoms with Crippen molar-refractivity contribution in [2.75, 3.05) is 11.4 Å². The SMILES string of the molecule is Cn1c2c(c3ccccc31)CCN1c3ccccc3C(=O)N[C@H]21. The summed E-state index contributed by atoms with van der Waals surface area (Å²) in [6.45, 7) is 0.920. The van der Waals surface area contributed by atoms with Gasteiger partial charge >= 0.3 is 0 Å². The van der Waals surface area contributed by atoms with E-state index >= 15 is 0 Å². The molecule has 1 N–H and O–H groups in total. The van der Waals surface area contributed by atoms with Crippen molar-refractivity contribution in [3.05, 3.63) is 65.4 Å². The van der Waals surface area contributed by atoms with Crippen LogP contribution in [0, 0.1) is 0 Å². The molecule has 4 nitrogen and oxygen atoms in total. The second-order valence-electron chi connectivity index (χ2n) is 6.28. The van der Waals surface area contributed by atoms with E-state index in [1.807, 2.05) is 18.2 Å². The quantitative estimate of drug-likeness (QED) is 0.693. The molecule has 0 saturated heterocycles. The van der Waals surface area contributed by atoms with E-state index in [-0.39, 0.29) is 12.1 Å². The van der Waals surface area contributed by atoms with Gasteiger partial charge in [0, 0.05) is 24.5 Å². The van der Waals surface area contributed by atoms with Crippen LogP contribution in [0.15, 0.2) is 48.5 Å². The van der Waals surface area contributed by atoms with E-state index in [1.54, 1.807) is 0 Å². The molecule has 0 aliphatic carbocycles. The van der Waals surface area contributed by atoms with Crippen molar-refractivity contribution in [1.29, 1.82) is 0 Å². The van der Waals surface area contributed by atoms with Crippen molar-refractivity contribution in [1.82, 2.24) is 9.88 Å². The van der Waals surface area contributed by atoms with Gasteiger partial charge in [-0.25, -0.2) is 0 Å². The fraction of sp³-hybridized carbons (Fsp3) is 0.211. The standard InChI is InChI=1S/C19H17N3O/c1-21-15-8-4-2-6-12(15)13-10-11-22-16-9-5-3-7-14(16)19(23)20-18(22)17(13)21/h2-9,18H,10-11H2,1H3,(H,20,23)/t18-/m0/s1. The molecule has 2 aliphatic heterocycles. The maximum absolute atomic E-state index is 12.5. The van der Waals surface area contributed by atoms with Gasteiger partial charge in [0.25, 0.3) is 5.91 Å². The Labute approximate surface area is 134 Å². The van der Waals surface area contributed by atoms with Gasteiger partial charge in [0.1, 0.15) is 6.17 Å². The lowest BCUT2D eigenvalue weighted by Gasteiger charge is -2.42. The molecular weight excluding hydrogens is 286 g/mol. The average Bonchev–Trinajstić information content (AvgIpc) is 2.89. The predicted octanol–water partition coefficient (Wildman–Crippen LogP) is 2.98. The molecule has 114 valence electrons. The maximum Gasteiger partial charge on any atom is 0.255 e. The van der Waals surface area contributed by atoms with Crippen molar-refractivity contribution in [3.8, 4) is 0 Å². The Hall–Kier alpha value is -2.75. The molecule has 5 rings (SSSR count). The van der Waals surface area contributed by atoms with Gasteiger partial charge in [-0.15, -0.1) is 0 Å². The molecule has 0 fully saturated rings. The smallest absolute Gasteiger partial charge is 0.255 e. The Morgan fingerprint density at radius 3 is 2.78 bits per heavy atom. The molecule has 2 aliphatic rings. The Balaban J connectivity index is 1.76. The van der Waals surface area contributed by atoms with Crippen molar-refractivity contribution in [2.45, 2.75) is 12.6 Å². The van der Waals surface area contributed by atoms with Crippen LogP contribution in [0.5, 0.6) is 0 Å². The van der Waals surface area contributed by atoms with Gasteiger partial charge in [0.05, 0.1) is 16.9 Å². The summed E-state index contributed by atoms with van der Waals surface area (Å²) in [6.07, 6.45) is 0.913. The largest absolute Gasteiger partial charge is 0.345 e. The third-order valence-corrected chi connectivity index (χ3v) is 5.16. The van der Waals surface area contributed by atoms with E-state index in [4.69, 9.17) is 0 Å². The summed E-state index contributed by atoms with van der Waals surface area (Å²) in [5, 5.41) is 4.50. The second kappa shape index (κ2) is 4.38. The van der Waals surface area contributed by atoms with Crippen LogP contribution in [0.2, 0.25) is 0 Å². The van der Waals surface area contributed by atoms with Gasteiger partial charge < -0.3 is 14.8 Å². The van der Waals surface area contributed by atoms with Crippen LogP contribution in [0.1, 0.15) is 27.8 Å². The van der Waals surface area contributed by atoms with Crippen LogP contribution < -0.4 is 10.2 Å². The number of hydrogen-bond acceptors (Lipinski definition) is 2. The molecule has 2 aromatic carbocycles. The molecule has 3 aromatic rings. The summed E-state index contributed by atoms with van der Waals surface area (Å²) < 4.78 is 2.23. The van der Waals surface area contributed by atoms with E-state index < -0.39 is 0 Å². The summed E-state index contributed by atoms with van der Waals surface area (Å²) in [5.41, 5.74) is 5.61. The molecule has 0 saturated carbocycles. The van der Waals surface area contributed by atoms with Gasteiger partial charge in [-0.2, -0.15) is 0 Å². The Morgan fingerprint density at radius 2 is 1.87 bits per heavy atom. The highest BCUT2D eigenvalue weighted by Crippen LogP contribution is 2.40. The molecule has 1 aromatic heterocycles. The van der Waals surface area contributed by atoms with Crippen molar-refractivity contribution >= 4 is 22.5 Å². The molecule has 0 spiro atoms. The molecule has 0 bridgehead atoms. The number of amides is 1. The Kier molecular flexibility index (Phi) is 2.43. The summed E-state index contributed by atoms with van der Waals surface area (Å²) in [7, 11) is 2.09. The summed E-state index contributed by atoms with van der Waals surface area (Å²) >= 11 is 0. The number of carbonyl (C=O) groups excluding carboxylic acids is 1. The van der Waals surface area contributed by atoms with Crippen LogP contribution in [-0.4, -0.2) is 17.0 Å². The van der Waals surface area contributed by atoms with E-state index in [1.165, 1.54) is 22.2 Å². The lowest BCUT2D eigenvalue weighted by Crippen LogP contribution is -2.50. The summed E-state index contributed by atoms with van der Waals surface area (Å²) in [6, 6.07) is 16.4. The fourth-order valence-corrected chi connectivity index (χ4v) is 4.14. The van der Waals surface area contributed by atoms with Crippen molar-refractivity contribution < 1.29 is 4.79 Å². The molecule has 1 amide bonds. The summed E-state index contributed by atoms with van der Waals surface area (Å²) in [5.74, 6) is 0.0138. The molecular formula is C19H17N3O. The zero-order valence-corrected chi connectivity index (χ0v) is 12.9.